The molecule has 0 aliphatic carbocycles. The van der Waals surface area contributed by atoms with Gasteiger partial charge in [-0.1, -0.05) is 6.92 Å². The number of halogens is 1. The largest absolute Gasteiger partial charge is 0.494 e. The highest BCUT2D eigenvalue weighted by atomic mass is 79.9. The van der Waals surface area contributed by atoms with Gasteiger partial charge in [0.1, 0.15) is 16.0 Å². The van der Waals surface area contributed by atoms with E-state index in [1.165, 1.54) is 0 Å². The van der Waals surface area contributed by atoms with Crippen LogP contribution in [0.3, 0.4) is 0 Å². The summed E-state index contributed by atoms with van der Waals surface area (Å²) >= 11 is 3.25. The zero-order chi connectivity index (χ0) is 13.8. The normalized spacial score (nSPS) is 10.5. The molecule has 0 saturated carbocycles. The maximum Gasteiger partial charge on any atom is 0.265 e. The van der Waals surface area contributed by atoms with Crippen LogP contribution in [-0.4, -0.2) is 16.6 Å². The van der Waals surface area contributed by atoms with Crippen LogP contribution < -0.4 is 10.3 Å². The maximum atomic E-state index is 11.8. The molecule has 1 heterocycles. The fourth-order valence-electron chi connectivity index (χ4n) is 1.75. The predicted octanol–water partition coefficient (Wildman–Crippen LogP) is 3.16. The zero-order valence-corrected chi connectivity index (χ0v) is 12.5. The lowest BCUT2D eigenvalue weighted by Gasteiger charge is -2.07. The summed E-state index contributed by atoms with van der Waals surface area (Å²) in [5.74, 6) is 1.38. The molecule has 0 bridgehead atoms. The highest BCUT2D eigenvalue weighted by Crippen LogP contribution is 2.20. The topological polar surface area (TPSA) is 55.0 Å². The van der Waals surface area contributed by atoms with Gasteiger partial charge in [0.05, 0.1) is 12.3 Å². The molecule has 0 atom stereocenters. The second-order valence-corrected chi connectivity index (χ2v) is 4.78. The first-order valence-corrected chi connectivity index (χ1v) is 6.97. The molecule has 2 aromatic rings. The van der Waals surface area contributed by atoms with Crippen LogP contribution in [0, 0.1) is 0 Å². The van der Waals surface area contributed by atoms with Crippen molar-refractivity contribution in [2.24, 2.45) is 0 Å². The molecule has 1 aromatic carbocycles. The minimum atomic E-state index is -0.157. The summed E-state index contributed by atoms with van der Waals surface area (Å²) in [6, 6.07) is 7.51. The average Bonchev–Trinajstić information content (AvgIpc) is 2.43. The van der Waals surface area contributed by atoms with Crippen LogP contribution in [0.15, 0.2) is 33.5 Å². The number of nitrogens with zero attached hydrogens (tertiary/aromatic N) is 1. The third-order valence-electron chi connectivity index (χ3n) is 2.71. The Kier molecular flexibility index (Phi) is 4.37. The van der Waals surface area contributed by atoms with E-state index in [0.29, 0.717) is 23.3 Å². The second-order valence-electron chi connectivity index (χ2n) is 3.99. The van der Waals surface area contributed by atoms with Gasteiger partial charge >= 0.3 is 0 Å². The highest BCUT2D eigenvalue weighted by molar-refractivity contribution is 9.10. The van der Waals surface area contributed by atoms with E-state index in [4.69, 9.17) is 4.74 Å². The molecule has 4 nitrogen and oxygen atoms in total. The molecule has 0 aliphatic rings. The number of aryl methyl sites for hydroxylation is 1. The van der Waals surface area contributed by atoms with Crippen LogP contribution in [0.1, 0.15) is 19.5 Å². The van der Waals surface area contributed by atoms with Crippen molar-refractivity contribution in [1.29, 1.82) is 0 Å². The second kappa shape index (κ2) is 6.02. The molecular weight excluding hydrogens is 308 g/mol. The number of benzene rings is 1. The molecular formula is C14H15BrN2O2. The number of nitrogens with one attached hydrogen (secondary N) is 1. The number of H-pyrrole nitrogens is 1. The Morgan fingerprint density at radius 3 is 2.53 bits per heavy atom. The lowest BCUT2D eigenvalue weighted by molar-refractivity contribution is 0.340. The van der Waals surface area contributed by atoms with Gasteiger partial charge in [-0.25, -0.2) is 4.98 Å². The van der Waals surface area contributed by atoms with Crippen molar-refractivity contribution in [3.05, 3.63) is 44.8 Å². The highest BCUT2D eigenvalue weighted by Gasteiger charge is 2.08. The van der Waals surface area contributed by atoms with Crippen molar-refractivity contribution >= 4 is 15.9 Å². The SMILES string of the molecule is CCOc1ccc(-c2nc(CC)c(Br)c(=O)[nH]2)cc1. The van der Waals surface area contributed by atoms with Crippen LogP contribution in [0.2, 0.25) is 0 Å². The third-order valence-corrected chi connectivity index (χ3v) is 3.52. The van der Waals surface area contributed by atoms with Crippen LogP contribution in [0.25, 0.3) is 11.4 Å². The number of hydrogen-bond acceptors (Lipinski definition) is 3. The minimum absolute atomic E-state index is 0.157. The summed E-state index contributed by atoms with van der Waals surface area (Å²) in [5, 5.41) is 0. The molecule has 5 heteroatoms. The Bertz CT molecular complexity index is 620. The van der Waals surface area contributed by atoms with Crippen molar-refractivity contribution in [1.82, 2.24) is 9.97 Å². The summed E-state index contributed by atoms with van der Waals surface area (Å²) < 4.78 is 5.89. The minimum Gasteiger partial charge on any atom is -0.494 e. The first-order valence-electron chi connectivity index (χ1n) is 6.17. The van der Waals surface area contributed by atoms with Gasteiger partial charge < -0.3 is 9.72 Å². The molecule has 0 fully saturated rings. The van der Waals surface area contributed by atoms with Gasteiger partial charge in [-0.15, -0.1) is 0 Å². The van der Waals surface area contributed by atoms with Gasteiger partial charge in [0.15, 0.2) is 0 Å². The smallest absolute Gasteiger partial charge is 0.265 e. The fourth-order valence-corrected chi connectivity index (χ4v) is 2.22. The van der Waals surface area contributed by atoms with E-state index in [1.54, 1.807) is 0 Å². The number of rotatable bonds is 4. The quantitative estimate of drug-likeness (QED) is 0.940. The molecule has 0 amide bonds. The third kappa shape index (κ3) is 3.04. The molecule has 0 spiro atoms. The molecule has 0 unspecified atom stereocenters. The average molecular weight is 323 g/mol. The standard InChI is InChI=1S/C14H15BrN2O2/c1-3-11-12(15)14(18)17-13(16-11)9-5-7-10(8-6-9)19-4-2/h5-8H,3-4H2,1-2H3,(H,16,17,18). The van der Waals surface area contributed by atoms with Crippen LogP contribution in [0.5, 0.6) is 5.75 Å². The van der Waals surface area contributed by atoms with E-state index in [9.17, 15) is 4.79 Å². The molecule has 0 radical (unpaired) electrons. The Labute approximate surface area is 120 Å². The van der Waals surface area contributed by atoms with E-state index in [0.717, 1.165) is 17.0 Å². The summed E-state index contributed by atoms with van der Waals surface area (Å²) in [5.41, 5.74) is 1.46. The molecule has 0 saturated heterocycles. The zero-order valence-electron chi connectivity index (χ0n) is 10.9. The Balaban J connectivity index is 2.41. The lowest BCUT2D eigenvalue weighted by Crippen LogP contribution is -2.13. The van der Waals surface area contributed by atoms with Gasteiger partial charge in [0.2, 0.25) is 0 Å². The molecule has 19 heavy (non-hydrogen) atoms. The van der Waals surface area contributed by atoms with Gasteiger partial charge in [0.25, 0.3) is 5.56 Å². The monoisotopic (exact) mass is 322 g/mol. The maximum absolute atomic E-state index is 11.8. The van der Waals surface area contributed by atoms with Crippen LogP contribution in [0.4, 0.5) is 0 Å². The fraction of sp³-hybridized carbons (Fsp3) is 0.286. The molecule has 1 N–H and O–H groups in total. The van der Waals surface area contributed by atoms with Crippen LogP contribution in [-0.2, 0) is 6.42 Å². The van der Waals surface area contributed by atoms with E-state index < -0.39 is 0 Å². The van der Waals surface area contributed by atoms with Gasteiger partial charge in [-0.3, -0.25) is 4.79 Å². The Morgan fingerprint density at radius 1 is 1.26 bits per heavy atom. The number of aromatic amines is 1. The van der Waals surface area contributed by atoms with Gasteiger partial charge in [-0.2, -0.15) is 0 Å². The van der Waals surface area contributed by atoms with Crippen molar-refractivity contribution in [3.63, 3.8) is 0 Å². The van der Waals surface area contributed by atoms with Gasteiger partial charge in [0, 0.05) is 5.56 Å². The van der Waals surface area contributed by atoms with Crippen molar-refractivity contribution < 1.29 is 4.74 Å². The van der Waals surface area contributed by atoms with Crippen molar-refractivity contribution in [2.45, 2.75) is 20.3 Å². The molecule has 100 valence electrons. The first-order chi connectivity index (χ1) is 9.15. The molecule has 1 aromatic heterocycles. The Morgan fingerprint density at radius 2 is 1.95 bits per heavy atom. The summed E-state index contributed by atoms with van der Waals surface area (Å²) in [7, 11) is 0. The van der Waals surface area contributed by atoms with E-state index in [1.807, 2.05) is 38.1 Å². The summed E-state index contributed by atoms with van der Waals surface area (Å²) in [6.45, 7) is 4.54. The summed E-state index contributed by atoms with van der Waals surface area (Å²) in [6.07, 6.45) is 0.703. The van der Waals surface area contributed by atoms with Crippen molar-refractivity contribution in [3.8, 4) is 17.1 Å². The number of ether oxygens (including phenoxy) is 1. The Hall–Kier alpha value is -1.62. The summed E-state index contributed by atoms with van der Waals surface area (Å²) in [4.78, 5) is 19.0. The van der Waals surface area contributed by atoms with Crippen LogP contribution >= 0.6 is 15.9 Å². The van der Waals surface area contributed by atoms with Crippen molar-refractivity contribution in [2.75, 3.05) is 6.61 Å². The first kappa shape index (κ1) is 13.8. The number of hydrogen-bond donors (Lipinski definition) is 1. The number of aromatic nitrogens is 2. The van der Waals surface area contributed by atoms with E-state index in [2.05, 4.69) is 25.9 Å². The lowest BCUT2D eigenvalue weighted by atomic mass is 10.2. The van der Waals surface area contributed by atoms with Gasteiger partial charge in [-0.05, 0) is 53.5 Å². The predicted molar refractivity (Wildman–Crippen MR) is 78.5 cm³/mol. The molecule has 0 aliphatic heterocycles. The molecule has 2 rings (SSSR count). The van der Waals surface area contributed by atoms with E-state index in [-0.39, 0.29) is 5.56 Å². The van der Waals surface area contributed by atoms with E-state index >= 15 is 0 Å².